The summed E-state index contributed by atoms with van der Waals surface area (Å²) in [6.07, 6.45) is 1.46. The van der Waals surface area contributed by atoms with Crippen LogP contribution in [0.15, 0.2) is 48.7 Å². The highest BCUT2D eigenvalue weighted by Gasteiger charge is 2.17. The lowest BCUT2D eigenvalue weighted by molar-refractivity contribution is 0.102. The Morgan fingerprint density at radius 1 is 1.06 bits per heavy atom. The number of hydrogen-bond acceptors (Lipinski definition) is 3. The second-order valence-electron chi connectivity index (χ2n) is 6.47. The minimum Gasteiger partial charge on any atom is -0.302 e. The van der Waals surface area contributed by atoms with Crippen LogP contribution < -0.4 is 5.32 Å². The molecule has 4 rings (SSSR count). The number of benzene rings is 2. The zero-order valence-corrected chi connectivity index (χ0v) is 18.5. The number of nitrogens with zero attached hydrogens (tertiary/aromatic N) is 3. The molecule has 31 heavy (non-hydrogen) atoms. The molecule has 158 valence electrons. The molecule has 2 N–H and O–H groups in total. The van der Waals surface area contributed by atoms with Gasteiger partial charge in [-0.25, -0.2) is 4.39 Å². The van der Waals surface area contributed by atoms with Crippen LogP contribution in [-0.4, -0.2) is 25.9 Å². The summed E-state index contributed by atoms with van der Waals surface area (Å²) in [6.45, 7) is 0.0460. The maximum absolute atomic E-state index is 14.0. The van der Waals surface area contributed by atoms with Gasteiger partial charge in [0, 0.05) is 27.4 Å². The Labute approximate surface area is 195 Å². The molecule has 2 aromatic carbocycles. The lowest BCUT2D eigenvalue weighted by Gasteiger charge is -2.05. The predicted octanol–water partition coefficient (Wildman–Crippen LogP) is 6.33. The average molecular weight is 499 g/mol. The largest absolute Gasteiger partial charge is 0.302 e. The summed E-state index contributed by atoms with van der Waals surface area (Å²) in [7, 11) is 0. The summed E-state index contributed by atoms with van der Waals surface area (Å²) in [6, 6.07) is 10.9. The van der Waals surface area contributed by atoms with Crippen LogP contribution >= 0.6 is 46.4 Å². The second kappa shape index (κ2) is 8.88. The topological polar surface area (TPSA) is 75.6 Å². The van der Waals surface area contributed by atoms with Crippen LogP contribution in [0.1, 0.15) is 16.1 Å². The van der Waals surface area contributed by atoms with E-state index in [0.29, 0.717) is 21.3 Å². The molecule has 0 saturated carbocycles. The zero-order chi connectivity index (χ0) is 22.1. The number of amides is 1. The van der Waals surface area contributed by atoms with E-state index in [1.807, 2.05) is 0 Å². The van der Waals surface area contributed by atoms with E-state index in [-0.39, 0.29) is 33.7 Å². The third kappa shape index (κ3) is 4.70. The number of carbonyl (C=O) groups excluding carboxylic acids is 1. The van der Waals surface area contributed by atoms with Crippen LogP contribution in [0.3, 0.4) is 0 Å². The Morgan fingerprint density at radius 2 is 1.87 bits per heavy atom. The quantitative estimate of drug-likeness (QED) is 0.337. The summed E-state index contributed by atoms with van der Waals surface area (Å²) in [5.74, 6) is -0.865. The molecule has 2 aromatic heterocycles. The maximum Gasteiger partial charge on any atom is 0.274 e. The first kappa shape index (κ1) is 21.6. The fraction of sp³-hybridized carbons (Fsp3) is 0.0500. The van der Waals surface area contributed by atoms with Gasteiger partial charge in [-0.15, -0.1) is 0 Å². The van der Waals surface area contributed by atoms with Crippen LogP contribution in [-0.2, 0) is 6.54 Å². The number of hydrogen-bond donors (Lipinski definition) is 2. The summed E-state index contributed by atoms with van der Waals surface area (Å²) in [5, 5.41) is 14.9. The number of halogens is 5. The fourth-order valence-electron chi connectivity index (χ4n) is 2.86. The third-order valence-electron chi connectivity index (χ3n) is 4.36. The molecule has 0 saturated heterocycles. The van der Waals surface area contributed by atoms with Crippen LogP contribution in [0, 0.1) is 5.82 Å². The summed E-state index contributed by atoms with van der Waals surface area (Å²) < 4.78 is 15.4. The van der Waals surface area contributed by atoms with E-state index in [2.05, 4.69) is 20.6 Å². The second-order valence-corrected chi connectivity index (χ2v) is 8.13. The maximum atomic E-state index is 14.0. The SMILES string of the molecule is O=C(Nc1nn(Cc2c(F)cccc2Cl)cc1Cl)c1cc(-c2ccc(Cl)cc2Cl)n[nH]1. The van der Waals surface area contributed by atoms with Crippen molar-refractivity contribution in [3.63, 3.8) is 0 Å². The molecule has 1 amide bonds. The van der Waals surface area contributed by atoms with Crippen molar-refractivity contribution >= 4 is 58.1 Å². The van der Waals surface area contributed by atoms with E-state index in [1.54, 1.807) is 24.3 Å². The molecule has 0 spiro atoms. The monoisotopic (exact) mass is 497 g/mol. The van der Waals surface area contributed by atoms with Crippen LogP contribution in [0.5, 0.6) is 0 Å². The van der Waals surface area contributed by atoms with Crippen LogP contribution in [0.2, 0.25) is 20.1 Å². The number of carbonyl (C=O) groups is 1. The summed E-state index contributed by atoms with van der Waals surface area (Å²) >= 11 is 24.3. The number of anilines is 1. The van der Waals surface area contributed by atoms with Gasteiger partial charge in [0.25, 0.3) is 5.91 Å². The van der Waals surface area contributed by atoms with Crippen molar-refractivity contribution in [1.29, 1.82) is 0 Å². The average Bonchev–Trinajstić information content (AvgIpc) is 3.32. The molecular formula is C20H12Cl4FN5O. The molecule has 0 aliphatic heterocycles. The van der Waals surface area contributed by atoms with Gasteiger partial charge < -0.3 is 5.32 Å². The molecule has 0 radical (unpaired) electrons. The van der Waals surface area contributed by atoms with Gasteiger partial charge in [0.1, 0.15) is 16.5 Å². The molecule has 0 aliphatic rings. The smallest absolute Gasteiger partial charge is 0.274 e. The molecule has 11 heteroatoms. The first-order valence-electron chi connectivity index (χ1n) is 8.80. The van der Waals surface area contributed by atoms with Gasteiger partial charge in [0.05, 0.1) is 17.3 Å². The first-order valence-corrected chi connectivity index (χ1v) is 10.3. The number of aromatic nitrogens is 4. The molecule has 0 bridgehead atoms. The molecule has 6 nitrogen and oxygen atoms in total. The van der Waals surface area contributed by atoms with E-state index in [0.717, 1.165) is 0 Å². The highest BCUT2D eigenvalue weighted by Crippen LogP contribution is 2.30. The molecular weight excluding hydrogens is 487 g/mol. The normalized spacial score (nSPS) is 11.0. The van der Waals surface area contributed by atoms with Gasteiger partial charge in [-0.3, -0.25) is 14.6 Å². The number of nitrogens with one attached hydrogen (secondary N) is 2. The Bertz CT molecular complexity index is 1270. The van der Waals surface area contributed by atoms with E-state index in [9.17, 15) is 9.18 Å². The summed E-state index contributed by atoms with van der Waals surface area (Å²) in [4.78, 5) is 12.6. The Balaban J connectivity index is 1.51. The van der Waals surface area contributed by atoms with Crippen LogP contribution in [0.4, 0.5) is 10.2 Å². The number of H-pyrrole nitrogens is 1. The van der Waals surface area contributed by atoms with Gasteiger partial charge in [-0.1, -0.05) is 52.5 Å². The molecule has 0 atom stereocenters. The summed E-state index contributed by atoms with van der Waals surface area (Å²) in [5.41, 5.74) is 1.52. The van der Waals surface area contributed by atoms with Crippen molar-refractivity contribution in [3.8, 4) is 11.3 Å². The molecule has 0 aliphatic carbocycles. The highest BCUT2D eigenvalue weighted by atomic mass is 35.5. The van der Waals surface area contributed by atoms with E-state index < -0.39 is 11.7 Å². The molecule has 0 unspecified atom stereocenters. The van der Waals surface area contributed by atoms with Crippen molar-refractivity contribution < 1.29 is 9.18 Å². The minimum absolute atomic E-state index is 0.0460. The van der Waals surface area contributed by atoms with E-state index in [4.69, 9.17) is 46.4 Å². The lowest BCUT2D eigenvalue weighted by atomic mass is 10.1. The van der Waals surface area contributed by atoms with Gasteiger partial charge in [-0.05, 0) is 36.4 Å². The van der Waals surface area contributed by atoms with Crippen molar-refractivity contribution in [2.24, 2.45) is 0 Å². The Kier molecular flexibility index (Phi) is 6.20. The predicted molar refractivity (Wildman–Crippen MR) is 120 cm³/mol. The van der Waals surface area contributed by atoms with Gasteiger partial charge in [-0.2, -0.15) is 10.2 Å². The zero-order valence-electron chi connectivity index (χ0n) is 15.5. The van der Waals surface area contributed by atoms with Gasteiger partial charge >= 0.3 is 0 Å². The fourth-order valence-corrected chi connectivity index (χ4v) is 3.78. The van der Waals surface area contributed by atoms with Crippen molar-refractivity contribution in [2.75, 3.05) is 5.32 Å². The highest BCUT2D eigenvalue weighted by molar-refractivity contribution is 6.36. The Morgan fingerprint density at radius 3 is 2.61 bits per heavy atom. The Hall–Kier alpha value is -2.58. The van der Waals surface area contributed by atoms with Gasteiger partial charge in [0.15, 0.2) is 5.82 Å². The molecule has 4 aromatic rings. The van der Waals surface area contributed by atoms with Crippen molar-refractivity contribution in [3.05, 3.63) is 85.8 Å². The molecule has 2 heterocycles. The van der Waals surface area contributed by atoms with Crippen molar-refractivity contribution in [1.82, 2.24) is 20.0 Å². The lowest BCUT2D eigenvalue weighted by Crippen LogP contribution is -2.13. The van der Waals surface area contributed by atoms with E-state index >= 15 is 0 Å². The van der Waals surface area contributed by atoms with Gasteiger partial charge in [0.2, 0.25) is 0 Å². The minimum atomic E-state index is -0.514. The standard InChI is InChI=1S/C20H12Cl4FN5O/c21-10-4-5-11(14(23)6-10)17-7-18(28-27-17)20(31)26-19-15(24)9-30(29-19)8-12-13(22)2-1-3-16(12)25/h1-7,9H,8H2,(H,27,28)(H,26,29,31). The third-order valence-corrected chi connectivity index (χ3v) is 5.54. The van der Waals surface area contributed by atoms with Crippen LogP contribution in [0.25, 0.3) is 11.3 Å². The van der Waals surface area contributed by atoms with Crippen molar-refractivity contribution in [2.45, 2.75) is 6.54 Å². The first-order chi connectivity index (χ1) is 14.8. The number of rotatable bonds is 5. The molecule has 0 fully saturated rings. The van der Waals surface area contributed by atoms with E-state index in [1.165, 1.54) is 29.1 Å². The number of aromatic amines is 1.